The maximum Gasteiger partial charge on any atom is 0.243 e. The van der Waals surface area contributed by atoms with Gasteiger partial charge in [-0.25, -0.2) is 17.2 Å². The van der Waals surface area contributed by atoms with Crippen LogP contribution in [-0.4, -0.2) is 45.1 Å². The van der Waals surface area contributed by atoms with Gasteiger partial charge in [0.15, 0.2) is 0 Å². The normalized spacial score (nSPS) is 11.3. The van der Waals surface area contributed by atoms with Crippen molar-refractivity contribution in [2.75, 3.05) is 30.2 Å². The van der Waals surface area contributed by atoms with E-state index in [1.807, 2.05) is 0 Å². The number of carbonyl (C=O) groups is 1. The first kappa shape index (κ1) is 17.4. The van der Waals surface area contributed by atoms with E-state index in [1.54, 1.807) is 13.8 Å². The topological polar surface area (TPSA) is 57.7 Å². The van der Waals surface area contributed by atoms with Crippen molar-refractivity contribution in [3.05, 3.63) is 29.8 Å². The van der Waals surface area contributed by atoms with E-state index in [0.29, 0.717) is 23.5 Å². The molecule has 0 N–H and O–H groups in total. The summed E-state index contributed by atoms with van der Waals surface area (Å²) in [4.78, 5) is 13.5. The first-order chi connectivity index (χ1) is 9.70. The second kappa shape index (κ2) is 6.84. The Hall–Kier alpha value is -1.70. The van der Waals surface area contributed by atoms with Crippen LogP contribution in [0.2, 0.25) is 0 Å². The zero-order chi connectivity index (χ0) is 16.2. The van der Waals surface area contributed by atoms with Crippen LogP contribution in [0, 0.1) is 11.6 Å². The number of hydrogen-bond acceptors (Lipinski definition) is 3. The lowest BCUT2D eigenvalue weighted by Crippen LogP contribution is -2.43. The summed E-state index contributed by atoms with van der Waals surface area (Å²) in [5.41, 5.74) is -0.348. The quantitative estimate of drug-likeness (QED) is 0.800. The predicted molar refractivity (Wildman–Crippen MR) is 76.5 cm³/mol. The van der Waals surface area contributed by atoms with Crippen LogP contribution in [0.5, 0.6) is 0 Å². The molecule has 8 heteroatoms. The summed E-state index contributed by atoms with van der Waals surface area (Å²) < 4.78 is 50.9. The van der Waals surface area contributed by atoms with E-state index in [2.05, 4.69) is 0 Å². The summed E-state index contributed by atoms with van der Waals surface area (Å²) in [5.74, 6) is -2.30. The van der Waals surface area contributed by atoms with E-state index >= 15 is 0 Å². The fourth-order valence-corrected chi connectivity index (χ4v) is 2.71. The molecule has 0 fully saturated rings. The average molecular weight is 320 g/mol. The summed E-state index contributed by atoms with van der Waals surface area (Å²) in [6.45, 7) is 3.82. The van der Waals surface area contributed by atoms with E-state index in [9.17, 15) is 22.0 Å². The maximum atomic E-state index is 13.8. The van der Waals surface area contributed by atoms with Gasteiger partial charge in [0.05, 0.1) is 11.9 Å². The standard InChI is InChI=1S/C13H18F2N2O3S/c1-4-16(5-2)13(18)9-17(21(3,19)20)12-7-6-10(14)8-11(12)15/h6-8H,4-5,9H2,1-3H3. The molecule has 21 heavy (non-hydrogen) atoms. The third kappa shape index (κ3) is 4.38. The Morgan fingerprint density at radius 3 is 2.19 bits per heavy atom. The van der Waals surface area contributed by atoms with Gasteiger partial charge in [0, 0.05) is 19.2 Å². The molecule has 0 aliphatic heterocycles. The molecule has 0 radical (unpaired) electrons. The van der Waals surface area contributed by atoms with Crippen molar-refractivity contribution >= 4 is 21.6 Å². The lowest BCUT2D eigenvalue weighted by Gasteiger charge is -2.26. The Morgan fingerprint density at radius 1 is 1.19 bits per heavy atom. The van der Waals surface area contributed by atoms with Gasteiger partial charge in [-0.15, -0.1) is 0 Å². The van der Waals surface area contributed by atoms with Gasteiger partial charge >= 0.3 is 0 Å². The number of halogens is 2. The number of benzene rings is 1. The Balaban J connectivity index is 3.17. The lowest BCUT2D eigenvalue weighted by molar-refractivity contribution is -0.129. The number of carbonyl (C=O) groups excluding carboxylic acids is 1. The van der Waals surface area contributed by atoms with Crippen LogP contribution in [0.1, 0.15) is 13.8 Å². The van der Waals surface area contributed by atoms with Crippen LogP contribution < -0.4 is 4.31 Å². The first-order valence-corrected chi connectivity index (χ1v) is 8.26. The van der Waals surface area contributed by atoms with E-state index in [4.69, 9.17) is 0 Å². The van der Waals surface area contributed by atoms with Gasteiger partial charge in [-0.1, -0.05) is 0 Å². The fraction of sp³-hybridized carbons (Fsp3) is 0.462. The molecule has 0 aliphatic carbocycles. The highest BCUT2D eigenvalue weighted by atomic mass is 32.2. The average Bonchev–Trinajstić information content (AvgIpc) is 2.37. The van der Waals surface area contributed by atoms with Gasteiger partial charge in [0.2, 0.25) is 15.9 Å². The second-order valence-corrected chi connectivity index (χ2v) is 6.34. The van der Waals surface area contributed by atoms with Crippen molar-refractivity contribution in [1.82, 2.24) is 4.90 Å². The SMILES string of the molecule is CCN(CC)C(=O)CN(c1ccc(F)cc1F)S(C)(=O)=O. The molecule has 0 bridgehead atoms. The summed E-state index contributed by atoms with van der Waals surface area (Å²) in [7, 11) is -3.87. The Labute approximate surface area is 123 Å². The molecule has 1 aromatic carbocycles. The zero-order valence-electron chi connectivity index (χ0n) is 12.1. The van der Waals surface area contributed by atoms with E-state index in [1.165, 1.54) is 4.90 Å². The number of sulfonamides is 1. The van der Waals surface area contributed by atoms with E-state index < -0.39 is 34.1 Å². The second-order valence-electron chi connectivity index (χ2n) is 4.43. The minimum Gasteiger partial charge on any atom is -0.342 e. The van der Waals surface area contributed by atoms with Gasteiger partial charge in [-0.05, 0) is 26.0 Å². The van der Waals surface area contributed by atoms with Crippen LogP contribution in [0.4, 0.5) is 14.5 Å². The molecule has 0 saturated heterocycles. The van der Waals surface area contributed by atoms with Crippen molar-refractivity contribution in [1.29, 1.82) is 0 Å². The molecule has 0 spiro atoms. The molecule has 0 aromatic heterocycles. The van der Waals surface area contributed by atoms with Gasteiger partial charge < -0.3 is 4.90 Å². The monoisotopic (exact) mass is 320 g/mol. The minimum absolute atomic E-state index is 0.348. The number of nitrogens with zero attached hydrogens (tertiary/aromatic N) is 2. The highest BCUT2D eigenvalue weighted by Crippen LogP contribution is 2.22. The summed E-state index contributed by atoms with van der Waals surface area (Å²) in [5, 5.41) is 0. The van der Waals surface area contributed by atoms with Crippen molar-refractivity contribution in [3.8, 4) is 0 Å². The lowest BCUT2D eigenvalue weighted by atomic mass is 10.3. The molecule has 0 saturated carbocycles. The largest absolute Gasteiger partial charge is 0.342 e. The molecule has 1 rings (SSSR count). The van der Waals surface area contributed by atoms with E-state index in [0.717, 1.165) is 18.4 Å². The molecule has 118 valence electrons. The van der Waals surface area contributed by atoms with Crippen molar-refractivity contribution in [2.45, 2.75) is 13.8 Å². The van der Waals surface area contributed by atoms with Crippen LogP contribution in [0.25, 0.3) is 0 Å². The first-order valence-electron chi connectivity index (χ1n) is 6.41. The minimum atomic E-state index is -3.87. The predicted octanol–water partition coefficient (Wildman–Crippen LogP) is 1.60. The highest BCUT2D eigenvalue weighted by Gasteiger charge is 2.25. The van der Waals surface area contributed by atoms with Crippen molar-refractivity contribution < 1.29 is 22.0 Å². The zero-order valence-corrected chi connectivity index (χ0v) is 13.0. The van der Waals surface area contributed by atoms with Crippen LogP contribution >= 0.6 is 0 Å². The smallest absolute Gasteiger partial charge is 0.243 e. The van der Waals surface area contributed by atoms with Crippen molar-refractivity contribution in [2.24, 2.45) is 0 Å². The third-order valence-corrected chi connectivity index (χ3v) is 4.10. The van der Waals surface area contributed by atoms with Gasteiger partial charge in [-0.3, -0.25) is 9.10 Å². The third-order valence-electron chi connectivity index (χ3n) is 2.97. The molecule has 0 heterocycles. The van der Waals surface area contributed by atoms with Gasteiger partial charge in [-0.2, -0.15) is 0 Å². The Morgan fingerprint density at radius 2 is 1.76 bits per heavy atom. The number of anilines is 1. The van der Waals surface area contributed by atoms with Gasteiger partial charge in [0.25, 0.3) is 0 Å². The molecular formula is C13H18F2N2O3S. The summed E-state index contributed by atoms with van der Waals surface area (Å²) in [6.07, 6.45) is 0.866. The Bertz CT molecular complexity index is 616. The highest BCUT2D eigenvalue weighted by molar-refractivity contribution is 7.92. The van der Waals surface area contributed by atoms with Crippen LogP contribution in [0.15, 0.2) is 18.2 Å². The molecule has 1 aromatic rings. The molecule has 1 amide bonds. The summed E-state index contributed by atoms with van der Waals surface area (Å²) in [6, 6.07) is 2.52. The number of likely N-dealkylation sites (N-methyl/N-ethyl adjacent to an activating group) is 1. The number of rotatable bonds is 6. The summed E-state index contributed by atoms with van der Waals surface area (Å²) >= 11 is 0. The Kier molecular flexibility index (Phi) is 5.65. The van der Waals surface area contributed by atoms with Crippen molar-refractivity contribution in [3.63, 3.8) is 0 Å². The molecule has 5 nitrogen and oxygen atoms in total. The molecular weight excluding hydrogens is 302 g/mol. The number of hydrogen-bond donors (Lipinski definition) is 0. The fourth-order valence-electron chi connectivity index (χ4n) is 1.86. The van der Waals surface area contributed by atoms with Gasteiger partial charge in [0.1, 0.15) is 18.2 Å². The molecule has 0 aliphatic rings. The van der Waals surface area contributed by atoms with E-state index in [-0.39, 0.29) is 5.69 Å². The van der Waals surface area contributed by atoms with Crippen LogP contribution in [-0.2, 0) is 14.8 Å². The number of amides is 1. The maximum absolute atomic E-state index is 13.8. The molecule has 0 atom stereocenters. The van der Waals surface area contributed by atoms with Crippen LogP contribution in [0.3, 0.4) is 0 Å². The molecule has 0 unspecified atom stereocenters.